The lowest BCUT2D eigenvalue weighted by molar-refractivity contribution is 0.0729. The molecule has 142 valence electrons. The lowest BCUT2D eigenvalue weighted by Gasteiger charge is -2.29. The highest BCUT2D eigenvalue weighted by Gasteiger charge is 2.24. The van der Waals surface area contributed by atoms with Crippen LogP contribution in [0, 0.1) is 0 Å². The van der Waals surface area contributed by atoms with E-state index in [4.69, 9.17) is 0 Å². The topological polar surface area (TPSA) is 36.4 Å². The molecule has 3 aromatic rings. The van der Waals surface area contributed by atoms with Crippen LogP contribution in [-0.2, 0) is 19.5 Å². The first-order chi connectivity index (χ1) is 13.6. The lowest BCUT2D eigenvalue weighted by atomic mass is 9.98. The summed E-state index contributed by atoms with van der Waals surface area (Å²) >= 11 is 0. The van der Waals surface area contributed by atoms with Crippen molar-refractivity contribution in [2.75, 3.05) is 20.6 Å². The van der Waals surface area contributed by atoms with Gasteiger partial charge in [-0.3, -0.25) is 9.78 Å². The second kappa shape index (κ2) is 7.95. The molecule has 4 rings (SSSR count). The van der Waals surface area contributed by atoms with Crippen molar-refractivity contribution in [3.63, 3.8) is 0 Å². The minimum absolute atomic E-state index is 0.00288. The van der Waals surface area contributed by atoms with Gasteiger partial charge in [0.25, 0.3) is 5.91 Å². The summed E-state index contributed by atoms with van der Waals surface area (Å²) in [5, 5.41) is 0. The SMILES string of the molecule is CN(C)Cc1cccc(-c2cccnc2C(=O)N2CCc3ccccc3C2)c1. The Balaban J connectivity index is 1.64. The zero-order valence-electron chi connectivity index (χ0n) is 16.4. The predicted octanol–water partition coefficient (Wildman–Crippen LogP) is 4.01. The fraction of sp³-hybridized carbons (Fsp3) is 0.250. The third-order valence-corrected chi connectivity index (χ3v) is 5.16. The van der Waals surface area contributed by atoms with Crippen LogP contribution < -0.4 is 0 Å². The summed E-state index contributed by atoms with van der Waals surface area (Å²) in [7, 11) is 4.11. The highest BCUT2D eigenvalue weighted by molar-refractivity contribution is 5.99. The number of fused-ring (bicyclic) bond motifs is 1. The van der Waals surface area contributed by atoms with E-state index < -0.39 is 0 Å². The third-order valence-electron chi connectivity index (χ3n) is 5.16. The van der Waals surface area contributed by atoms with Gasteiger partial charge >= 0.3 is 0 Å². The molecule has 0 saturated carbocycles. The Bertz CT molecular complexity index is 996. The zero-order chi connectivity index (χ0) is 19.5. The molecule has 1 aliphatic heterocycles. The van der Waals surface area contributed by atoms with Crippen LogP contribution in [0.1, 0.15) is 27.2 Å². The molecule has 2 aromatic carbocycles. The quantitative estimate of drug-likeness (QED) is 0.695. The van der Waals surface area contributed by atoms with Crippen LogP contribution in [0.15, 0.2) is 66.9 Å². The number of amides is 1. The van der Waals surface area contributed by atoms with Crippen molar-refractivity contribution >= 4 is 5.91 Å². The van der Waals surface area contributed by atoms with Gasteiger partial charge in [-0.05, 0) is 54.9 Å². The summed E-state index contributed by atoms with van der Waals surface area (Å²) in [6.07, 6.45) is 2.60. The Kier molecular flexibility index (Phi) is 5.22. The van der Waals surface area contributed by atoms with Crippen LogP contribution in [0.25, 0.3) is 11.1 Å². The highest BCUT2D eigenvalue weighted by atomic mass is 16.2. The van der Waals surface area contributed by atoms with E-state index in [1.165, 1.54) is 16.7 Å². The molecule has 4 nitrogen and oxygen atoms in total. The summed E-state index contributed by atoms with van der Waals surface area (Å²) in [5.74, 6) is 0.00288. The predicted molar refractivity (Wildman–Crippen MR) is 112 cm³/mol. The van der Waals surface area contributed by atoms with Crippen molar-refractivity contribution in [1.82, 2.24) is 14.8 Å². The molecule has 0 N–H and O–H groups in total. The first-order valence-electron chi connectivity index (χ1n) is 9.67. The Morgan fingerprint density at radius 2 is 1.86 bits per heavy atom. The maximum absolute atomic E-state index is 13.3. The first-order valence-corrected chi connectivity index (χ1v) is 9.67. The summed E-state index contributed by atoms with van der Waals surface area (Å²) in [6.45, 7) is 2.23. The van der Waals surface area contributed by atoms with Gasteiger partial charge < -0.3 is 9.80 Å². The zero-order valence-corrected chi connectivity index (χ0v) is 16.4. The number of carbonyl (C=O) groups is 1. The number of nitrogens with zero attached hydrogens (tertiary/aromatic N) is 3. The Morgan fingerprint density at radius 3 is 2.68 bits per heavy atom. The minimum Gasteiger partial charge on any atom is -0.333 e. The minimum atomic E-state index is 0.00288. The molecule has 28 heavy (non-hydrogen) atoms. The van der Waals surface area contributed by atoms with Crippen molar-refractivity contribution in [1.29, 1.82) is 0 Å². The normalized spacial score (nSPS) is 13.5. The van der Waals surface area contributed by atoms with Crippen LogP contribution in [0.3, 0.4) is 0 Å². The van der Waals surface area contributed by atoms with Crippen molar-refractivity contribution < 1.29 is 4.79 Å². The monoisotopic (exact) mass is 371 g/mol. The van der Waals surface area contributed by atoms with E-state index in [9.17, 15) is 4.79 Å². The second-order valence-corrected chi connectivity index (χ2v) is 7.58. The number of aromatic nitrogens is 1. The molecule has 0 bridgehead atoms. The van der Waals surface area contributed by atoms with Crippen molar-refractivity contribution in [2.45, 2.75) is 19.5 Å². The fourth-order valence-corrected chi connectivity index (χ4v) is 3.83. The number of benzene rings is 2. The van der Waals surface area contributed by atoms with Crippen LogP contribution in [-0.4, -0.2) is 41.3 Å². The van der Waals surface area contributed by atoms with Crippen LogP contribution >= 0.6 is 0 Å². The van der Waals surface area contributed by atoms with E-state index in [0.717, 1.165) is 30.6 Å². The average Bonchev–Trinajstić information content (AvgIpc) is 2.72. The Hall–Kier alpha value is -2.98. The number of hydrogen-bond donors (Lipinski definition) is 0. The fourth-order valence-electron chi connectivity index (χ4n) is 3.83. The molecule has 0 radical (unpaired) electrons. The maximum Gasteiger partial charge on any atom is 0.273 e. The maximum atomic E-state index is 13.3. The standard InChI is InChI=1S/C24H25N3O/c1-26(2)16-18-7-5-10-20(15-18)22-11-6-13-25-23(22)24(28)27-14-12-19-8-3-4-9-21(19)17-27/h3-11,13,15H,12,14,16-17H2,1-2H3. The lowest BCUT2D eigenvalue weighted by Crippen LogP contribution is -2.36. The van der Waals surface area contributed by atoms with Crippen LogP contribution in [0.4, 0.5) is 0 Å². The molecule has 1 aliphatic rings. The first kappa shape index (κ1) is 18.4. The molecule has 0 spiro atoms. The summed E-state index contributed by atoms with van der Waals surface area (Å²) in [6, 6.07) is 20.6. The largest absolute Gasteiger partial charge is 0.333 e. The Morgan fingerprint density at radius 1 is 1.04 bits per heavy atom. The van der Waals surface area contributed by atoms with Gasteiger partial charge in [0.15, 0.2) is 0 Å². The number of carbonyl (C=O) groups excluding carboxylic acids is 1. The molecular formula is C24H25N3O. The van der Waals surface area contributed by atoms with Gasteiger partial charge in [-0.2, -0.15) is 0 Å². The van der Waals surface area contributed by atoms with E-state index >= 15 is 0 Å². The summed E-state index contributed by atoms with van der Waals surface area (Å²) in [4.78, 5) is 21.8. The molecule has 2 heterocycles. The van der Waals surface area contributed by atoms with Crippen molar-refractivity contribution in [2.24, 2.45) is 0 Å². The molecule has 0 unspecified atom stereocenters. The second-order valence-electron chi connectivity index (χ2n) is 7.58. The number of hydrogen-bond acceptors (Lipinski definition) is 3. The number of pyridine rings is 1. The van der Waals surface area contributed by atoms with E-state index in [1.54, 1.807) is 6.20 Å². The number of rotatable bonds is 4. The molecular weight excluding hydrogens is 346 g/mol. The van der Waals surface area contributed by atoms with Gasteiger partial charge in [0, 0.05) is 31.4 Å². The molecule has 4 heteroatoms. The van der Waals surface area contributed by atoms with E-state index in [1.807, 2.05) is 29.2 Å². The van der Waals surface area contributed by atoms with Crippen molar-refractivity contribution in [3.05, 3.63) is 89.2 Å². The van der Waals surface area contributed by atoms with Gasteiger partial charge in [0.2, 0.25) is 0 Å². The molecule has 1 aromatic heterocycles. The van der Waals surface area contributed by atoms with E-state index in [-0.39, 0.29) is 5.91 Å². The average molecular weight is 371 g/mol. The van der Waals surface area contributed by atoms with Gasteiger partial charge in [0.05, 0.1) is 0 Å². The van der Waals surface area contributed by atoms with E-state index in [2.05, 4.69) is 60.4 Å². The van der Waals surface area contributed by atoms with Crippen LogP contribution in [0.5, 0.6) is 0 Å². The molecule has 0 saturated heterocycles. The van der Waals surface area contributed by atoms with E-state index in [0.29, 0.717) is 12.2 Å². The van der Waals surface area contributed by atoms with Gasteiger partial charge in [0.1, 0.15) is 5.69 Å². The third kappa shape index (κ3) is 3.82. The molecule has 0 atom stereocenters. The van der Waals surface area contributed by atoms with Gasteiger partial charge in [-0.15, -0.1) is 0 Å². The highest BCUT2D eigenvalue weighted by Crippen LogP contribution is 2.26. The molecule has 0 aliphatic carbocycles. The van der Waals surface area contributed by atoms with Crippen LogP contribution in [0.2, 0.25) is 0 Å². The smallest absolute Gasteiger partial charge is 0.273 e. The van der Waals surface area contributed by atoms with Gasteiger partial charge in [-0.25, -0.2) is 0 Å². The van der Waals surface area contributed by atoms with Crippen molar-refractivity contribution in [3.8, 4) is 11.1 Å². The molecule has 1 amide bonds. The Labute approximate surface area is 166 Å². The molecule has 0 fully saturated rings. The van der Waals surface area contributed by atoms with Gasteiger partial charge in [-0.1, -0.05) is 48.5 Å². The summed E-state index contributed by atoms with van der Waals surface area (Å²) < 4.78 is 0. The summed E-state index contributed by atoms with van der Waals surface area (Å²) in [5.41, 5.74) is 6.25.